The number of carbonyl (C=O) groups excluding carboxylic acids is 2. The molecule has 0 radical (unpaired) electrons. The van der Waals surface area contributed by atoms with Crippen LogP contribution in [-0.4, -0.2) is 35.5 Å². The van der Waals surface area contributed by atoms with Crippen molar-refractivity contribution in [2.24, 2.45) is 0 Å². The van der Waals surface area contributed by atoms with Crippen molar-refractivity contribution in [3.8, 4) is 5.75 Å². The first-order valence-electron chi connectivity index (χ1n) is 12.2. The number of anilines is 1. The van der Waals surface area contributed by atoms with Crippen LogP contribution in [0.25, 0.3) is 0 Å². The Morgan fingerprint density at radius 1 is 0.889 bits per heavy atom. The van der Waals surface area contributed by atoms with E-state index < -0.39 is 0 Å². The second-order valence-electron chi connectivity index (χ2n) is 8.57. The summed E-state index contributed by atoms with van der Waals surface area (Å²) in [6.07, 6.45) is 4.58. The van der Waals surface area contributed by atoms with Crippen molar-refractivity contribution >= 4 is 34.8 Å². The summed E-state index contributed by atoms with van der Waals surface area (Å²) in [4.78, 5) is 27.1. The molecule has 188 valence electrons. The lowest BCUT2D eigenvalue weighted by Gasteiger charge is -2.18. The second-order valence-corrected chi connectivity index (χ2v) is 8.98. The summed E-state index contributed by atoms with van der Waals surface area (Å²) in [5.74, 6) is 0.310. The number of carbonyl (C=O) groups is 2. The minimum absolute atomic E-state index is 0.106. The lowest BCUT2D eigenvalue weighted by molar-refractivity contribution is 0.0785. The number of thiocarbonyl (C=S) groups is 1. The largest absolute Gasteiger partial charge is 0.494 e. The monoisotopic (exact) mass is 503 g/mol. The van der Waals surface area contributed by atoms with Crippen LogP contribution in [0.15, 0.2) is 78.9 Å². The van der Waals surface area contributed by atoms with Crippen molar-refractivity contribution in [3.63, 3.8) is 0 Å². The molecule has 0 unspecified atom stereocenters. The van der Waals surface area contributed by atoms with Crippen LogP contribution in [0.2, 0.25) is 0 Å². The van der Waals surface area contributed by atoms with Gasteiger partial charge in [0.1, 0.15) is 5.75 Å². The van der Waals surface area contributed by atoms with Crippen LogP contribution in [0.4, 0.5) is 5.69 Å². The van der Waals surface area contributed by atoms with E-state index in [1.54, 1.807) is 60.5 Å². The predicted octanol–water partition coefficient (Wildman–Crippen LogP) is 6.04. The van der Waals surface area contributed by atoms with Crippen LogP contribution >= 0.6 is 12.2 Å². The number of amides is 2. The van der Waals surface area contributed by atoms with Gasteiger partial charge in [-0.1, -0.05) is 62.6 Å². The van der Waals surface area contributed by atoms with E-state index in [4.69, 9.17) is 17.0 Å². The third kappa shape index (κ3) is 8.50. The molecular weight excluding hydrogens is 470 g/mol. The normalized spacial score (nSPS) is 10.4. The zero-order valence-electron chi connectivity index (χ0n) is 20.8. The number of nitrogens with one attached hydrogen (secondary N) is 2. The zero-order chi connectivity index (χ0) is 25.8. The molecule has 7 heteroatoms. The fraction of sp³-hybridized carbons (Fsp3) is 0.276. The smallest absolute Gasteiger partial charge is 0.257 e. The molecule has 3 rings (SSSR count). The van der Waals surface area contributed by atoms with Gasteiger partial charge < -0.3 is 15.0 Å². The molecule has 36 heavy (non-hydrogen) atoms. The third-order valence-corrected chi connectivity index (χ3v) is 5.79. The first kappa shape index (κ1) is 26.9. The van der Waals surface area contributed by atoms with Gasteiger partial charge in [-0.25, -0.2) is 0 Å². The van der Waals surface area contributed by atoms with Crippen LogP contribution in [-0.2, 0) is 6.54 Å². The Hall–Kier alpha value is -3.71. The number of hydrogen-bond acceptors (Lipinski definition) is 4. The van der Waals surface area contributed by atoms with Gasteiger partial charge in [0.15, 0.2) is 5.11 Å². The maximum absolute atomic E-state index is 12.9. The Bertz CT molecular complexity index is 1150. The fourth-order valence-electron chi connectivity index (χ4n) is 3.64. The van der Waals surface area contributed by atoms with Crippen LogP contribution in [0, 0.1) is 0 Å². The number of hydrogen-bond donors (Lipinski definition) is 2. The number of benzene rings is 3. The van der Waals surface area contributed by atoms with E-state index in [1.807, 2.05) is 30.3 Å². The standard InChI is InChI=1S/C29H33N3O3S/c1-3-4-5-9-19-35-26-17-15-23(16-18-26)27(33)31-29(36)30-25-14-10-13-24(20-25)28(34)32(2)21-22-11-7-6-8-12-22/h6-8,10-18,20H,3-5,9,19,21H2,1-2H3,(H2,30,31,33,36). The first-order chi connectivity index (χ1) is 17.5. The Morgan fingerprint density at radius 3 is 2.36 bits per heavy atom. The first-order valence-corrected chi connectivity index (χ1v) is 12.6. The molecule has 6 nitrogen and oxygen atoms in total. The summed E-state index contributed by atoms with van der Waals surface area (Å²) in [5, 5.41) is 5.82. The maximum atomic E-state index is 12.9. The van der Waals surface area contributed by atoms with Crippen LogP contribution in [0.3, 0.4) is 0 Å². The molecule has 0 spiro atoms. The number of ether oxygens (including phenoxy) is 1. The van der Waals surface area contributed by atoms with Gasteiger partial charge in [-0.05, 0) is 66.7 Å². The summed E-state index contributed by atoms with van der Waals surface area (Å²) in [6, 6.07) is 23.8. The maximum Gasteiger partial charge on any atom is 0.257 e. The highest BCUT2D eigenvalue weighted by molar-refractivity contribution is 7.80. The van der Waals surface area contributed by atoms with Gasteiger partial charge in [-0.2, -0.15) is 0 Å². The SMILES string of the molecule is CCCCCCOc1ccc(C(=O)NC(=S)Nc2cccc(C(=O)N(C)Cc3ccccc3)c2)cc1. The Labute approximate surface area is 218 Å². The van der Waals surface area contributed by atoms with Crippen molar-refractivity contribution in [2.75, 3.05) is 19.0 Å². The van der Waals surface area contributed by atoms with Crippen LogP contribution in [0.1, 0.15) is 58.9 Å². The molecule has 0 saturated carbocycles. The molecule has 0 fully saturated rings. The molecule has 3 aromatic rings. The van der Waals surface area contributed by atoms with E-state index >= 15 is 0 Å². The van der Waals surface area contributed by atoms with Crippen molar-refractivity contribution in [1.29, 1.82) is 0 Å². The van der Waals surface area contributed by atoms with Crippen LogP contribution in [0.5, 0.6) is 5.75 Å². The lowest BCUT2D eigenvalue weighted by atomic mass is 10.1. The number of unbranched alkanes of at least 4 members (excludes halogenated alkanes) is 3. The third-order valence-electron chi connectivity index (χ3n) is 5.59. The van der Waals surface area contributed by atoms with Crippen molar-refractivity contribution in [1.82, 2.24) is 10.2 Å². The average Bonchev–Trinajstić information content (AvgIpc) is 2.89. The minimum atomic E-state index is -0.322. The molecule has 0 aliphatic carbocycles. The van der Waals surface area contributed by atoms with E-state index in [0.29, 0.717) is 30.0 Å². The summed E-state index contributed by atoms with van der Waals surface area (Å²) in [5.41, 5.74) is 2.67. The van der Waals surface area contributed by atoms with Crippen molar-refractivity contribution < 1.29 is 14.3 Å². The Balaban J connectivity index is 1.50. The predicted molar refractivity (Wildman–Crippen MR) is 148 cm³/mol. The van der Waals surface area contributed by atoms with E-state index in [1.165, 1.54) is 12.8 Å². The zero-order valence-corrected chi connectivity index (χ0v) is 21.6. The van der Waals surface area contributed by atoms with Gasteiger partial charge in [0, 0.05) is 30.4 Å². The molecule has 3 aromatic carbocycles. The van der Waals surface area contributed by atoms with Gasteiger partial charge in [0.2, 0.25) is 0 Å². The highest BCUT2D eigenvalue weighted by Crippen LogP contribution is 2.15. The van der Waals surface area contributed by atoms with Gasteiger partial charge >= 0.3 is 0 Å². The number of rotatable bonds is 11. The molecule has 0 aliphatic heterocycles. The molecular formula is C29H33N3O3S. The van der Waals surface area contributed by atoms with Crippen molar-refractivity contribution in [2.45, 2.75) is 39.2 Å². The highest BCUT2D eigenvalue weighted by atomic mass is 32.1. The topological polar surface area (TPSA) is 70.7 Å². The molecule has 0 saturated heterocycles. The van der Waals surface area contributed by atoms with E-state index in [2.05, 4.69) is 17.6 Å². The molecule has 0 bridgehead atoms. The Kier molecular flexibility index (Phi) is 10.5. The lowest BCUT2D eigenvalue weighted by Crippen LogP contribution is -2.34. The van der Waals surface area contributed by atoms with Gasteiger partial charge in [-0.3, -0.25) is 14.9 Å². The van der Waals surface area contributed by atoms with Crippen LogP contribution < -0.4 is 15.4 Å². The van der Waals surface area contributed by atoms with Gasteiger partial charge in [0.05, 0.1) is 6.61 Å². The van der Waals surface area contributed by atoms with E-state index in [9.17, 15) is 9.59 Å². The average molecular weight is 504 g/mol. The summed E-state index contributed by atoms with van der Waals surface area (Å²) in [6.45, 7) is 3.36. The van der Waals surface area contributed by atoms with Crippen molar-refractivity contribution in [3.05, 3.63) is 95.6 Å². The summed E-state index contributed by atoms with van der Waals surface area (Å²) >= 11 is 5.31. The highest BCUT2D eigenvalue weighted by Gasteiger charge is 2.14. The van der Waals surface area contributed by atoms with Gasteiger partial charge in [0.25, 0.3) is 11.8 Å². The molecule has 0 aliphatic rings. The van der Waals surface area contributed by atoms with E-state index in [-0.39, 0.29) is 16.9 Å². The molecule has 0 aromatic heterocycles. The molecule has 2 amide bonds. The fourth-order valence-corrected chi connectivity index (χ4v) is 3.85. The summed E-state index contributed by atoms with van der Waals surface area (Å²) in [7, 11) is 1.77. The molecule has 0 atom stereocenters. The van der Waals surface area contributed by atoms with E-state index in [0.717, 1.165) is 24.2 Å². The Morgan fingerprint density at radius 2 is 1.64 bits per heavy atom. The summed E-state index contributed by atoms with van der Waals surface area (Å²) < 4.78 is 5.73. The quantitative estimate of drug-likeness (QED) is 0.246. The minimum Gasteiger partial charge on any atom is -0.494 e. The van der Waals surface area contributed by atoms with Gasteiger partial charge in [-0.15, -0.1) is 0 Å². The second kappa shape index (κ2) is 14.0. The molecule has 0 heterocycles. The number of nitrogens with zero attached hydrogens (tertiary/aromatic N) is 1. The molecule has 2 N–H and O–H groups in total.